The van der Waals surface area contributed by atoms with Gasteiger partial charge in [-0.1, -0.05) is 0 Å². The van der Waals surface area contributed by atoms with E-state index in [1.807, 2.05) is 0 Å². The molecule has 0 fully saturated rings. The first-order valence-corrected chi connectivity index (χ1v) is 5.36. The molecule has 0 aliphatic heterocycles. The Kier molecular flexibility index (Phi) is 5.22. The number of anilines is 2. The van der Waals surface area contributed by atoms with Crippen LogP contribution in [-0.4, -0.2) is 36.3 Å². The van der Waals surface area contributed by atoms with Crippen LogP contribution in [0.15, 0.2) is 12.3 Å². The third-order valence-electron chi connectivity index (χ3n) is 2.25. The number of nitrogen functional groups attached to an aromatic ring is 1. The Bertz CT molecular complexity index is 382. The maximum atomic E-state index is 10.8. The van der Waals surface area contributed by atoms with E-state index in [1.54, 1.807) is 7.11 Å². The van der Waals surface area contributed by atoms with Gasteiger partial charge < -0.3 is 20.9 Å². The number of unbranched alkanes of at least 4 members (excludes halogenated alkanes) is 1. The zero-order chi connectivity index (χ0) is 12.7. The zero-order valence-electron chi connectivity index (χ0n) is 9.77. The molecule has 1 rings (SSSR count). The van der Waals surface area contributed by atoms with Gasteiger partial charge in [0.2, 0.25) is 0 Å². The molecule has 0 aromatic carbocycles. The minimum Gasteiger partial charge on any atom is -0.478 e. The molecule has 17 heavy (non-hydrogen) atoms. The molecule has 6 heteroatoms. The molecule has 94 valence electrons. The van der Waals surface area contributed by atoms with Crippen molar-refractivity contribution in [2.75, 3.05) is 31.3 Å². The van der Waals surface area contributed by atoms with E-state index >= 15 is 0 Å². The molecule has 4 N–H and O–H groups in total. The van der Waals surface area contributed by atoms with Crippen LogP contribution < -0.4 is 11.1 Å². The smallest absolute Gasteiger partial charge is 0.337 e. The lowest BCUT2D eigenvalue weighted by Crippen LogP contribution is -2.08. The first kappa shape index (κ1) is 13.2. The van der Waals surface area contributed by atoms with Gasteiger partial charge in [-0.25, -0.2) is 9.78 Å². The summed E-state index contributed by atoms with van der Waals surface area (Å²) in [6.07, 6.45) is 3.23. The van der Waals surface area contributed by atoms with Gasteiger partial charge in [-0.05, 0) is 18.9 Å². The lowest BCUT2D eigenvalue weighted by Gasteiger charge is -2.07. The summed E-state index contributed by atoms with van der Waals surface area (Å²) in [6, 6.07) is 1.44. The number of carboxylic acid groups (broad SMARTS) is 1. The standard InChI is InChI=1S/C11H17N3O3/c1-17-5-3-2-4-13-10-6-8(11(15)16)9(12)7-14-10/h6-7H,2-5,12H2,1H3,(H,13,14)(H,15,16). The van der Waals surface area contributed by atoms with Gasteiger partial charge >= 0.3 is 5.97 Å². The number of rotatable bonds is 7. The van der Waals surface area contributed by atoms with Gasteiger partial charge in [-0.3, -0.25) is 0 Å². The highest BCUT2D eigenvalue weighted by atomic mass is 16.5. The molecule has 0 atom stereocenters. The van der Waals surface area contributed by atoms with Crippen molar-refractivity contribution in [2.24, 2.45) is 0 Å². The van der Waals surface area contributed by atoms with Crippen LogP contribution in [0.4, 0.5) is 11.5 Å². The van der Waals surface area contributed by atoms with E-state index in [0.29, 0.717) is 5.82 Å². The molecule has 6 nitrogen and oxygen atoms in total. The highest BCUT2D eigenvalue weighted by Gasteiger charge is 2.09. The second-order valence-corrected chi connectivity index (χ2v) is 3.59. The second-order valence-electron chi connectivity index (χ2n) is 3.59. The average molecular weight is 239 g/mol. The molecule has 0 unspecified atom stereocenters. The van der Waals surface area contributed by atoms with Gasteiger partial charge in [-0.2, -0.15) is 0 Å². The Labute approximate surface area is 99.8 Å². The summed E-state index contributed by atoms with van der Waals surface area (Å²) in [5.41, 5.74) is 5.73. The molecule has 0 spiro atoms. The Balaban J connectivity index is 2.49. The van der Waals surface area contributed by atoms with Crippen LogP contribution in [-0.2, 0) is 4.74 Å². The predicted molar refractivity (Wildman–Crippen MR) is 65.2 cm³/mol. The van der Waals surface area contributed by atoms with E-state index in [0.717, 1.165) is 26.0 Å². The number of ether oxygens (including phenoxy) is 1. The zero-order valence-corrected chi connectivity index (χ0v) is 9.77. The number of methoxy groups -OCH3 is 1. The van der Waals surface area contributed by atoms with Gasteiger partial charge in [0.15, 0.2) is 0 Å². The van der Waals surface area contributed by atoms with Crippen LogP contribution in [0, 0.1) is 0 Å². The summed E-state index contributed by atoms with van der Waals surface area (Å²) in [6.45, 7) is 1.44. The van der Waals surface area contributed by atoms with Gasteiger partial charge in [0.25, 0.3) is 0 Å². The van der Waals surface area contributed by atoms with Crippen molar-refractivity contribution >= 4 is 17.5 Å². The molecule has 0 saturated heterocycles. The van der Waals surface area contributed by atoms with Crippen molar-refractivity contribution in [3.05, 3.63) is 17.8 Å². The molecule has 0 aliphatic carbocycles. The van der Waals surface area contributed by atoms with E-state index in [1.165, 1.54) is 12.3 Å². The number of aromatic carboxylic acids is 1. The summed E-state index contributed by atoms with van der Waals surface area (Å²) < 4.78 is 4.92. The van der Waals surface area contributed by atoms with Crippen molar-refractivity contribution in [3.8, 4) is 0 Å². The van der Waals surface area contributed by atoms with E-state index < -0.39 is 5.97 Å². The summed E-state index contributed by atoms with van der Waals surface area (Å²) in [5, 5.41) is 11.9. The number of nitrogens with two attached hydrogens (primary N) is 1. The largest absolute Gasteiger partial charge is 0.478 e. The third kappa shape index (κ3) is 4.28. The average Bonchev–Trinajstić information content (AvgIpc) is 2.30. The van der Waals surface area contributed by atoms with Crippen molar-refractivity contribution in [1.82, 2.24) is 4.98 Å². The van der Waals surface area contributed by atoms with Crippen molar-refractivity contribution < 1.29 is 14.6 Å². The van der Waals surface area contributed by atoms with Gasteiger partial charge in [0.05, 0.1) is 17.4 Å². The number of hydrogen-bond donors (Lipinski definition) is 3. The van der Waals surface area contributed by atoms with Crippen LogP contribution in [0.3, 0.4) is 0 Å². The second kappa shape index (κ2) is 6.70. The molecule has 0 radical (unpaired) electrons. The number of carboxylic acids is 1. The summed E-state index contributed by atoms with van der Waals surface area (Å²) >= 11 is 0. The Morgan fingerprint density at radius 3 is 3.00 bits per heavy atom. The van der Waals surface area contributed by atoms with Crippen molar-refractivity contribution in [1.29, 1.82) is 0 Å². The topological polar surface area (TPSA) is 97.5 Å². The van der Waals surface area contributed by atoms with Crippen LogP contribution >= 0.6 is 0 Å². The van der Waals surface area contributed by atoms with Crippen LogP contribution in [0.5, 0.6) is 0 Å². The minimum atomic E-state index is -1.05. The normalized spacial score (nSPS) is 10.2. The molecule has 0 bridgehead atoms. The molecule has 1 aromatic heterocycles. The fourth-order valence-corrected chi connectivity index (χ4v) is 1.34. The molecule has 0 saturated carbocycles. The van der Waals surface area contributed by atoms with Crippen LogP contribution in [0.1, 0.15) is 23.2 Å². The number of aromatic nitrogens is 1. The maximum absolute atomic E-state index is 10.8. The maximum Gasteiger partial charge on any atom is 0.337 e. The fraction of sp³-hybridized carbons (Fsp3) is 0.455. The van der Waals surface area contributed by atoms with Gasteiger partial charge in [0, 0.05) is 20.3 Å². The molecule has 0 aliphatic rings. The van der Waals surface area contributed by atoms with Crippen molar-refractivity contribution in [3.63, 3.8) is 0 Å². The summed E-state index contributed by atoms with van der Waals surface area (Å²) in [7, 11) is 1.66. The first-order valence-electron chi connectivity index (χ1n) is 5.36. The third-order valence-corrected chi connectivity index (χ3v) is 2.25. The van der Waals surface area contributed by atoms with E-state index in [9.17, 15) is 4.79 Å². The Hall–Kier alpha value is -1.82. The number of pyridine rings is 1. The quantitative estimate of drug-likeness (QED) is 0.618. The first-order chi connectivity index (χ1) is 8.15. The van der Waals surface area contributed by atoms with E-state index in [-0.39, 0.29) is 11.3 Å². The SMILES string of the molecule is COCCCCNc1cc(C(=O)O)c(N)cn1. The van der Waals surface area contributed by atoms with E-state index in [2.05, 4.69) is 10.3 Å². The number of carbonyl (C=O) groups is 1. The number of nitrogens with zero attached hydrogens (tertiary/aromatic N) is 1. The molecule has 1 aromatic rings. The summed E-state index contributed by atoms with van der Waals surface area (Å²) in [4.78, 5) is 14.8. The highest BCUT2D eigenvalue weighted by Crippen LogP contribution is 2.14. The molecule has 0 amide bonds. The fourth-order valence-electron chi connectivity index (χ4n) is 1.34. The molecular formula is C11H17N3O3. The van der Waals surface area contributed by atoms with Gasteiger partial charge in [0.1, 0.15) is 5.82 Å². The van der Waals surface area contributed by atoms with Crippen LogP contribution in [0.25, 0.3) is 0 Å². The lowest BCUT2D eigenvalue weighted by molar-refractivity contribution is 0.0698. The highest BCUT2D eigenvalue weighted by molar-refractivity contribution is 5.94. The minimum absolute atomic E-state index is 0.0689. The predicted octanol–water partition coefficient (Wildman–Crippen LogP) is 1.20. The summed E-state index contributed by atoms with van der Waals surface area (Å²) in [5.74, 6) is -0.527. The van der Waals surface area contributed by atoms with E-state index in [4.69, 9.17) is 15.6 Å². The van der Waals surface area contributed by atoms with Crippen LogP contribution in [0.2, 0.25) is 0 Å². The Morgan fingerprint density at radius 2 is 2.35 bits per heavy atom. The van der Waals surface area contributed by atoms with Gasteiger partial charge in [-0.15, -0.1) is 0 Å². The monoisotopic (exact) mass is 239 g/mol. The molecule has 1 heterocycles. The lowest BCUT2D eigenvalue weighted by atomic mass is 10.2. The van der Waals surface area contributed by atoms with Crippen molar-refractivity contribution in [2.45, 2.75) is 12.8 Å². The molecular weight excluding hydrogens is 222 g/mol. The number of nitrogens with one attached hydrogen (secondary N) is 1. The Morgan fingerprint density at radius 1 is 1.59 bits per heavy atom. The number of hydrogen-bond acceptors (Lipinski definition) is 5.